The molecule has 0 atom stereocenters. The summed E-state index contributed by atoms with van der Waals surface area (Å²) in [5, 5.41) is 2.61. The molecule has 0 radical (unpaired) electrons. The number of nitrogens with one attached hydrogen (secondary N) is 1. The molecule has 0 saturated heterocycles. The van der Waals surface area contributed by atoms with Crippen LogP contribution >= 0.6 is 0 Å². The Labute approximate surface area is 113 Å². The number of carbonyl (C=O) groups excluding carboxylic acids is 1. The third-order valence-electron chi connectivity index (χ3n) is 1.69. The Kier molecular flexibility index (Phi) is 30.4. The average molecular weight is 258 g/mol. The number of hydrogen-bond donors (Lipinski definition) is 2. The van der Waals surface area contributed by atoms with Gasteiger partial charge in [0.15, 0.2) is 6.61 Å². The van der Waals surface area contributed by atoms with Crippen LogP contribution in [0.1, 0.15) is 53.4 Å². The molecule has 0 aromatic rings. The van der Waals surface area contributed by atoms with E-state index in [2.05, 4.69) is 16.0 Å². The summed E-state index contributed by atoms with van der Waals surface area (Å²) in [5.74, 6) is 2.22. The van der Waals surface area contributed by atoms with Crippen LogP contribution in [0.4, 0.5) is 4.79 Å². The van der Waals surface area contributed by atoms with Crippen LogP contribution < -0.4 is 11.1 Å². The molecular weight excluding hydrogens is 228 g/mol. The Morgan fingerprint density at radius 3 is 2.22 bits per heavy atom. The molecular formula is C14H30N2O2. The zero-order valence-corrected chi connectivity index (χ0v) is 12.4. The van der Waals surface area contributed by atoms with Crippen LogP contribution in [-0.4, -0.2) is 25.8 Å². The van der Waals surface area contributed by atoms with E-state index < -0.39 is 6.09 Å². The van der Waals surface area contributed by atoms with E-state index in [0.29, 0.717) is 6.54 Å². The van der Waals surface area contributed by atoms with Gasteiger partial charge in [0.25, 0.3) is 0 Å². The summed E-state index contributed by atoms with van der Waals surface area (Å²) in [5.41, 5.74) is 5.34. The van der Waals surface area contributed by atoms with Crippen molar-refractivity contribution < 1.29 is 9.53 Å². The lowest BCUT2D eigenvalue weighted by molar-refractivity contribution is 0.160. The zero-order valence-electron chi connectivity index (χ0n) is 12.4. The molecule has 18 heavy (non-hydrogen) atoms. The Balaban J connectivity index is -0.000000506. The van der Waals surface area contributed by atoms with Crippen LogP contribution in [0.25, 0.3) is 0 Å². The SMILES string of the molecule is C#CCOC(=O)NCCCCCCN.CC.CC. The molecule has 0 rings (SSSR count). The molecule has 0 spiro atoms. The molecule has 0 bridgehead atoms. The van der Waals surface area contributed by atoms with Gasteiger partial charge < -0.3 is 15.8 Å². The summed E-state index contributed by atoms with van der Waals surface area (Å²) in [6, 6.07) is 0. The van der Waals surface area contributed by atoms with Gasteiger partial charge in [0.05, 0.1) is 0 Å². The minimum absolute atomic E-state index is 0.0268. The summed E-state index contributed by atoms with van der Waals surface area (Å²) in [6.07, 6.45) is 8.65. The van der Waals surface area contributed by atoms with Gasteiger partial charge >= 0.3 is 6.09 Å². The Hall–Kier alpha value is -1.21. The predicted octanol–water partition coefficient (Wildman–Crippen LogP) is 2.92. The van der Waals surface area contributed by atoms with E-state index in [4.69, 9.17) is 12.2 Å². The summed E-state index contributed by atoms with van der Waals surface area (Å²) >= 11 is 0. The average Bonchev–Trinajstić information content (AvgIpc) is 2.45. The van der Waals surface area contributed by atoms with Crippen molar-refractivity contribution in [3.05, 3.63) is 0 Å². The number of hydrogen-bond acceptors (Lipinski definition) is 3. The van der Waals surface area contributed by atoms with Crippen LogP contribution in [0.2, 0.25) is 0 Å². The summed E-state index contributed by atoms with van der Waals surface area (Å²) in [4.78, 5) is 10.8. The second-order valence-electron chi connectivity index (χ2n) is 2.91. The van der Waals surface area contributed by atoms with E-state index in [1.54, 1.807) is 0 Å². The standard InChI is InChI=1S/C10H18N2O2.2C2H6/c1-2-9-14-10(13)12-8-6-4-3-5-7-11;2*1-2/h1H,3-9,11H2,(H,12,13);2*1-2H3. The van der Waals surface area contributed by atoms with Gasteiger partial charge in [-0.15, -0.1) is 6.42 Å². The van der Waals surface area contributed by atoms with Gasteiger partial charge in [-0.25, -0.2) is 4.79 Å². The molecule has 0 aliphatic carbocycles. The van der Waals surface area contributed by atoms with Crippen molar-refractivity contribution in [1.29, 1.82) is 0 Å². The second-order valence-corrected chi connectivity index (χ2v) is 2.91. The Morgan fingerprint density at radius 2 is 1.72 bits per heavy atom. The van der Waals surface area contributed by atoms with Gasteiger partial charge in [-0.05, 0) is 19.4 Å². The predicted molar refractivity (Wildman–Crippen MR) is 78.4 cm³/mol. The van der Waals surface area contributed by atoms with Gasteiger partial charge in [-0.2, -0.15) is 0 Å². The summed E-state index contributed by atoms with van der Waals surface area (Å²) in [7, 11) is 0. The number of carbonyl (C=O) groups is 1. The molecule has 0 saturated carbocycles. The number of terminal acetylenes is 1. The fraction of sp³-hybridized carbons (Fsp3) is 0.786. The number of unbranched alkanes of at least 4 members (excludes halogenated alkanes) is 3. The quantitative estimate of drug-likeness (QED) is 0.545. The van der Waals surface area contributed by atoms with Crippen molar-refractivity contribution in [2.24, 2.45) is 5.73 Å². The van der Waals surface area contributed by atoms with E-state index in [0.717, 1.165) is 32.2 Å². The van der Waals surface area contributed by atoms with Crippen LogP contribution in [0, 0.1) is 12.3 Å². The van der Waals surface area contributed by atoms with Gasteiger partial charge in [-0.1, -0.05) is 46.5 Å². The number of alkyl carbamates (subject to hydrolysis) is 1. The van der Waals surface area contributed by atoms with E-state index >= 15 is 0 Å². The highest BCUT2D eigenvalue weighted by Gasteiger charge is 1.98. The maximum absolute atomic E-state index is 10.8. The highest BCUT2D eigenvalue weighted by atomic mass is 16.5. The molecule has 3 N–H and O–H groups in total. The number of nitrogens with two attached hydrogens (primary N) is 1. The minimum Gasteiger partial charge on any atom is -0.436 e. The second kappa shape index (κ2) is 24.8. The van der Waals surface area contributed by atoms with Crippen LogP contribution in [0.3, 0.4) is 0 Å². The van der Waals surface area contributed by atoms with Crippen molar-refractivity contribution in [3.63, 3.8) is 0 Å². The Morgan fingerprint density at radius 1 is 1.17 bits per heavy atom. The molecule has 4 nitrogen and oxygen atoms in total. The highest BCUT2D eigenvalue weighted by molar-refractivity contribution is 5.67. The first-order valence-electron chi connectivity index (χ1n) is 6.85. The molecule has 1 amide bonds. The molecule has 0 aromatic heterocycles. The van der Waals surface area contributed by atoms with Gasteiger partial charge in [0, 0.05) is 6.54 Å². The summed E-state index contributed by atoms with van der Waals surface area (Å²) < 4.78 is 4.61. The van der Waals surface area contributed by atoms with Crippen LogP contribution in [-0.2, 0) is 4.74 Å². The maximum Gasteiger partial charge on any atom is 0.408 e. The van der Waals surface area contributed by atoms with Crippen molar-refractivity contribution in [1.82, 2.24) is 5.32 Å². The first kappa shape index (κ1) is 22.0. The molecule has 0 unspecified atom stereocenters. The third-order valence-corrected chi connectivity index (χ3v) is 1.69. The van der Waals surface area contributed by atoms with E-state index in [9.17, 15) is 4.79 Å². The zero-order chi connectivity index (χ0) is 14.6. The number of ether oxygens (including phenoxy) is 1. The van der Waals surface area contributed by atoms with E-state index in [-0.39, 0.29) is 6.61 Å². The molecule has 108 valence electrons. The number of amides is 1. The van der Waals surface area contributed by atoms with Crippen LogP contribution in [0.5, 0.6) is 0 Å². The molecule has 0 aliphatic rings. The lowest BCUT2D eigenvalue weighted by Crippen LogP contribution is -2.25. The van der Waals surface area contributed by atoms with Crippen molar-refractivity contribution in [2.75, 3.05) is 19.7 Å². The normalized spacial score (nSPS) is 7.78. The van der Waals surface area contributed by atoms with Gasteiger partial charge in [-0.3, -0.25) is 0 Å². The molecule has 0 fully saturated rings. The first-order chi connectivity index (χ1) is 8.81. The lowest BCUT2D eigenvalue weighted by Gasteiger charge is -2.03. The fourth-order valence-corrected chi connectivity index (χ4v) is 0.972. The molecule has 0 heterocycles. The highest BCUT2D eigenvalue weighted by Crippen LogP contribution is 1.96. The minimum atomic E-state index is -0.443. The van der Waals surface area contributed by atoms with Gasteiger partial charge in [0.1, 0.15) is 0 Å². The first-order valence-corrected chi connectivity index (χ1v) is 6.85. The Bertz CT molecular complexity index is 189. The van der Waals surface area contributed by atoms with E-state index in [1.807, 2.05) is 27.7 Å². The van der Waals surface area contributed by atoms with Crippen molar-refractivity contribution >= 4 is 6.09 Å². The maximum atomic E-state index is 10.8. The van der Waals surface area contributed by atoms with E-state index in [1.165, 1.54) is 0 Å². The van der Waals surface area contributed by atoms with Gasteiger partial charge in [0.2, 0.25) is 0 Å². The smallest absolute Gasteiger partial charge is 0.408 e. The molecule has 4 heteroatoms. The largest absolute Gasteiger partial charge is 0.436 e. The topological polar surface area (TPSA) is 64.3 Å². The molecule has 0 aliphatic heterocycles. The monoisotopic (exact) mass is 258 g/mol. The molecule has 0 aromatic carbocycles. The summed E-state index contributed by atoms with van der Waals surface area (Å²) in [6.45, 7) is 9.39. The van der Waals surface area contributed by atoms with Crippen LogP contribution in [0.15, 0.2) is 0 Å². The lowest BCUT2D eigenvalue weighted by atomic mass is 10.2. The third kappa shape index (κ3) is 24.2. The van der Waals surface area contributed by atoms with Crippen molar-refractivity contribution in [3.8, 4) is 12.3 Å². The van der Waals surface area contributed by atoms with Crippen molar-refractivity contribution in [2.45, 2.75) is 53.4 Å². The number of rotatable bonds is 7. The fourth-order valence-electron chi connectivity index (χ4n) is 0.972.